The number of fused-ring (bicyclic) bond motifs is 1. The lowest BCUT2D eigenvalue weighted by Gasteiger charge is -2.12. The molecule has 2 unspecified atom stereocenters. The van der Waals surface area contributed by atoms with Crippen LogP contribution in [0.1, 0.15) is 69.7 Å². The Labute approximate surface area is 209 Å². The summed E-state index contributed by atoms with van der Waals surface area (Å²) in [6, 6.07) is 16.8. The monoisotopic (exact) mass is 477 g/mol. The number of benzene rings is 2. The molecule has 1 aromatic heterocycles. The zero-order valence-electron chi connectivity index (χ0n) is 21.2. The number of rotatable bonds is 13. The topological polar surface area (TPSA) is 65.4 Å². The predicted octanol–water partition coefficient (Wildman–Crippen LogP) is 5.64. The average molecular weight is 478 g/mol. The van der Waals surface area contributed by atoms with Crippen LogP contribution in [0.4, 0.5) is 0 Å². The van der Waals surface area contributed by atoms with Crippen LogP contribution in [0.5, 0.6) is 5.75 Å². The average Bonchev–Trinajstić information content (AvgIpc) is 3.55. The van der Waals surface area contributed by atoms with Crippen molar-refractivity contribution in [1.29, 1.82) is 0 Å². The fourth-order valence-corrected chi connectivity index (χ4v) is 4.61. The Morgan fingerprint density at radius 2 is 2.00 bits per heavy atom. The Bertz CT molecular complexity index is 1070. The zero-order valence-corrected chi connectivity index (χ0v) is 21.2. The number of ether oxygens (including phenoxy) is 2. The van der Waals surface area contributed by atoms with Crippen LogP contribution in [-0.2, 0) is 22.5 Å². The van der Waals surface area contributed by atoms with E-state index < -0.39 is 0 Å². The summed E-state index contributed by atoms with van der Waals surface area (Å²) >= 11 is 0. The van der Waals surface area contributed by atoms with E-state index in [0.29, 0.717) is 25.7 Å². The van der Waals surface area contributed by atoms with Crippen molar-refractivity contribution in [2.45, 2.75) is 77.4 Å². The predicted molar refractivity (Wildman–Crippen MR) is 140 cm³/mol. The molecule has 1 fully saturated rings. The second-order valence-electron chi connectivity index (χ2n) is 9.50. The fourth-order valence-electron chi connectivity index (χ4n) is 4.61. The molecule has 0 bridgehead atoms. The molecule has 3 aromatic rings. The van der Waals surface area contributed by atoms with E-state index in [1.54, 1.807) is 0 Å². The van der Waals surface area contributed by atoms with Crippen LogP contribution in [-0.4, -0.2) is 41.3 Å². The summed E-state index contributed by atoms with van der Waals surface area (Å²) in [6.07, 6.45) is 6.38. The highest BCUT2D eigenvalue weighted by Crippen LogP contribution is 2.22. The standard InChI is InChI=1S/C29H39N3O3/c1-3-22(2)23-14-16-24(17-15-23)34-20-7-6-19-32-26-11-5-4-10-25(26)31-28(32)13-8-18-30-29(33)27-12-9-21-35-27/h4-5,10-11,14-17,22,27H,3,6-9,12-13,18-21H2,1-2H3,(H,30,33). The van der Waals surface area contributed by atoms with Crippen molar-refractivity contribution >= 4 is 16.9 Å². The van der Waals surface area contributed by atoms with Gasteiger partial charge in [-0.05, 0) is 74.3 Å². The zero-order chi connectivity index (χ0) is 24.5. The number of imidazole rings is 1. The van der Waals surface area contributed by atoms with Gasteiger partial charge in [-0.1, -0.05) is 38.1 Å². The first-order chi connectivity index (χ1) is 17.2. The minimum atomic E-state index is -0.264. The van der Waals surface area contributed by atoms with Crippen LogP contribution in [0.15, 0.2) is 48.5 Å². The smallest absolute Gasteiger partial charge is 0.249 e. The van der Waals surface area contributed by atoms with Crippen molar-refractivity contribution in [3.05, 3.63) is 59.9 Å². The molecule has 1 saturated heterocycles. The van der Waals surface area contributed by atoms with Crippen molar-refractivity contribution in [3.63, 3.8) is 0 Å². The van der Waals surface area contributed by atoms with E-state index in [-0.39, 0.29) is 12.0 Å². The first kappa shape index (κ1) is 25.2. The van der Waals surface area contributed by atoms with Gasteiger partial charge in [-0.2, -0.15) is 0 Å². The van der Waals surface area contributed by atoms with Crippen molar-refractivity contribution in [1.82, 2.24) is 14.9 Å². The minimum absolute atomic E-state index is 0.0190. The number of nitrogens with one attached hydrogen (secondary N) is 1. The maximum atomic E-state index is 12.2. The van der Waals surface area contributed by atoms with Crippen LogP contribution >= 0.6 is 0 Å². The lowest BCUT2D eigenvalue weighted by Crippen LogP contribution is -2.34. The van der Waals surface area contributed by atoms with Crippen LogP contribution in [0, 0.1) is 0 Å². The number of amides is 1. The Hall–Kier alpha value is -2.86. The van der Waals surface area contributed by atoms with Gasteiger partial charge in [-0.15, -0.1) is 0 Å². The molecule has 1 aliphatic rings. The van der Waals surface area contributed by atoms with E-state index in [0.717, 1.165) is 68.6 Å². The number of unbranched alkanes of at least 4 members (excludes halogenated alkanes) is 1. The Morgan fingerprint density at radius 1 is 1.17 bits per heavy atom. The van der Waals surface area contributed by atoms with Gasteiger partial charge in [0.1, 0.15) is 17.7 Å². The normalized spacial score (nSPS) is 16.5. The van der Waals surface area contributed by atoms with E-state index in [1.807, 2.05) is 6.07 Å². The van der Waals surface area contributed by atoms with Crippen molar-refractivity contribution < 1.29 is 14.3 Å². The highest BCUT2D eigenvalue weighted by molar-refractivity contribution is 5.80. The van der Waals surface area contributed by atoms with Gasteiger partial charge >= 0.3 is 0 Å². The molecular weight excluding hydrogens is 438 g/mol. The molecule has 0 radical (unpaired) electrons. The van der Waals surface area contributed by atoms with Crippen LogP contribution in [0.2, 0.25) is 0 Å². The van der Waals surface area contributed by atoms with Gasteiger partial charge in [0, 0.05) is 26.1 Å². The van der Waals surface area contributed by atoms with Gasteiger partial charge in [-0.3, -0.25) is 4.79 Å². The molecule has 0 spiro atoms. The first-order valence-corrected chi connectivity index (χ1v) is 13.2. The van der Waals surface area contributed by atoms with Crippen LogP contribution in [0.25, 0.3) is 11.0 Å². The van der Waals surface area contributed by atoms with E-state index in [2.05, 4.69) is 66.2 Å². The second kappa shape index (κ2) is 12.7. The fraction of sp³-hybridized carbons (Fsp3) is 0.517. The van der Waals surface area contributed by atoms with E-state index in [9.17, 15) is 4.79 Å². The summed E-state index contributed by atoms with van der Waals surface area (Å²) in [7, 11) is 0. The number of carbonyl (C=O) groups is 1. The first-order valence-electron chi connectivity index (χ1n) is 13.2. The Kier molecular flexibility index (Phi) is 9.18. The summed E-state index contributed by atoms with van der Waals surface area (Å²) in [4.78, 5) is 17.0. The molecule has 35 heavy (non-hydrogen) atoms. The molecule has 188 valence electrons. The van der Waals surface area contributed by atoms with Crippen molar-refractivity contribution in [2.75, 3.05) is 19.8 Å². The molecule has 0 aliphatic carbocycles. The number of nitrogens with zero attached hydrogens (tertiary/aromatic N) is 2. The quantitative estimate of drug-likeness (QED) is 0.324. The van der Waals surface area contributed by atoms with Gasteiger partial charge in [-0.25, -0.2) is 4.98 Å². The summed E-state index contributed by atoms with van der Waals surface area (Å²) in [5, 5.41) is 3.02. The third kappa shape index (κ3) is 6.85. The SMILES string of the molecule is CCC(C)c1ccc(OCCCCn2c(CCCNC(=O)C3CCCO3)nc3ccccc32)cc1. The van der Waals surface area contributed by atoms with Crippen LogP contribution < -0.4 is 10.1 Å². The third-order valence-electron chi connectivity index (χ3n) is 6.94. The highest BCUT2D eigenvalue weighted by atomic mass is 16.5. The number of hydrogen-bond donors (Lipinski definition) is 1. The van der Waals surface area contributed by atoms with Crippen molar-refractivity contribution in [3.8, 4) is 5.75 Å². The minimum Gasteiger partial charge on any atom is -0.494 e. The number of carbonyl (C=O) groups excluding carboxylic acids is 1. The molecule has 2 atom stereocenters. The summed E-state index contributed by atoms with van der Waals surface area (Å²) in [5.74, 6) is 2.63. The summed E-state index contributed by atoms with van der Waals surface area (Å²) in [5.41, 5.74) is 3.57. The van der Waals surface area contributed by atoms with Crippen LogP contribution in [0.3, 0.4) is 0 Å². The summed E-state index contributed by atoms with van der Waals surface area (Å²) < 4.78 is 13.8. The number of hydrogen-bond acceptors (Lipinski definition) is 4. The van der Waals surface area contributed by atoms with Gasteiger partial charge in [0.15, 0.2) is 0 Å². The molecule has 1 N–H and O–H groups in total. The number of aryl methyl sites for hydroxylation is 2. The highest BCUT2D eigenvalue weighted by Gasteiger charge is 2.22. The maximum Gasteiger partial charge on any atom is 0.249 e. The van der Waals surface area contributed by atoms with Gasteiger partial charge in [0.05, 0.1) is 17.6 Å². The largest absolute Gasteiger partial charge is 0.494 e. The Balaban J connectivity index is 1.24. The molecule has 2 heterocycles. The molecule has 0 saturated carbocycles. The molecule has 1 amide bonds. The van der Waals surface area contributed by atoms with Gasteiger partial charge < -0.3 is 19.4 Å². The van der Waals surface area contributed by atoms with E-state index >= 15 is 0 Å². The Morgan fingerprint density at radius 3 is 2.77 bits per heavy atom. The summed E-state index contributed by atoms with van der Waals surface area (Å²) in [6.45, 7) is 7.43. The lowest BCUT2D eigenvalue weighted by molar-refractivity contribution is -0.130. The molecular formula is C29H39N3O3. The van der Waals surface area contributed by atoms with Crippen molar-refractivity contribution in [2.24, 2.45) is 0 Å². The molecule has 4 rings (SSSR count). The van der Waals surface area contributed by atoms with Gasteiger partial charge in [0.25, 0.3) is 0 Å². The number of aromatic nitrogens is 2. The molecule has 6 heteroatoms. The molecule has 6 nitrogen and oxygen atoms in total. The van der Waals surface area contributed by atoms with Gasteiger partial charge in [0.2, 0.25) is 5.91 Å². The molecule has 1 aliphatic heterocycles. The third-order valence-corrected chi connectivity index (χ3v) is 6.94. The maximum absolute atomic E-state index is 12.2. The molecule has 2 aromatic carbocycles. The van der Waals surface area contributed by atoms with E-state index in [1.165, 1.54) is 11.1 Å². The second-order valence-corrected chi connectivity index (χ2v) is 9.50. The number of para-hydroxylation sites is 2. The lowest BCUT2D eigenvalue weighted by atomic mass is 9.99. The van der Waals surface area contributed by atoms with E-state index in [4.69, 9.17) is 14.5 Å².